The van der Waals surface area contributed by atoms with Gasteiger partial charge in [0.05, 0.1) is 4.92 Å². The number of nitrogens with zero attached hydrogens (tertiary/aromatic N) is 3. The number of amides is 1. The van der Waals surface area contributed by atoms with Gasteiger partial charge in [0.1, 0.15) is 6.54 Å². The molecule has 8 heteroatoms. The van der Waals surface area contributed by atoms with E-state index in [1.54, 1.807) is 17.0 Å². The van der Waals surface area contributed by atoms with Gasteiger partial charge in [-0.1, -0.05) is 11.8 Å². The van der Waals surface area contributed by atoms with E-state index in [1.807, 2.05) is 6.26 Å². The Labute approximate surface area is 119 Å². The highest BCUT2D eigenvalue weighted by Gasteiger charge is 2.09. The maximum Gasteiger partial charge on any atom is 0.269 e. The molecule has 0 aliphatic rings. The van der Waals surface area contributed by atoms with Crippen LogP contribution in [0.1, 0.15) is 0 Å². The van der Waals surface area contributed by atoms with Crippen LogP contribution in [0.4, 0.5) is 11.4 Å². The molecule has 0 aliphatic carbocycles. The van der Waals surface area contributed by atoms with Crippen LogP contribution in [0.5, 0.6) is 0 Å². The summed E-state index contributed by atoms with van der Waals surface area (Å²) in [6.45, 7) is 0.146. The molecule has 7 nitrogen and oxygen atoms in total. The van der Waals surface area contributed by atoms with E-state index in [2.05, 4.69) is 10.3 Å². The van der Waals surface area contributed by atoms with Crippen LogP contribution in [0.15, 0.2) is 41.8 Å². The van der Waals surface area contributed by atoms with Crippen molar-refractivity contribution in [3.63, 3.8) is 0 Å². The van der Waals surface area contributed by atoms with Crippen molar-refractivity contribution in [1.29, 1.82) is 0 Å². The highest BCUT2D eigenvalue weighted by molar-refractivity contribution is 7.98. The monoisotopic (exact) mass is 292 g/mol. The molecule has 0 radical (unpaired) electrons. The molecule has 0 unspecified atom stereocenters. The number of thioether (sulfide) groups is 1. The fourth-order valence-electron chi connectivity index (χ4n) is 1.63. The quantitative estimate of drug-likeness (QED) is 0.518. The number of rotatable bonds is 5. The highest BCUT2D eigenvalue weighted by atomic mass is 32.2. The molecular formula is C12H12N4O3S. The van der Waals surface area contributed by atoms with E-state index in [1.165, 1.54) is 36.0 Å². The third-order valence-corrected chi connectivity index (χ3v) is 3.24. The molecule has 1 aromatic heterocycles. The standard InChI is InChI=1S/C12H12N4O3S/c1-20-12-13-6-7-15(12)8-11(17)14-9-2-4-10(5-3-9)16(18)19/h2-7H,8H2,1H3,(H,14,17). The van der Waals surface area contributed by atoms with Gasteiger partial charge in [0.25, 0.3) is 5.69 Å². The molecule has 0 saturated carbocycles. The van der Waals surface area contributed by atoms with Gasteiger partial charge in [-0.05, 0) is 18.4 Å². The molecule has 2 rings (SSSR count). The van der Waals surface area contributed by atoms with Crippen molar-refractivity contribution in [3.8, 4) is 0 Å². The number of hydrogen-bond donors (Lipinski definition) is 1. The molecule has 1 N–H and O–H groups in total. The number of nitro benzene ring substituents is 1. The molecule has 20 heavy (non-hydrogen) atoms. The summed E-state index contributed by atoms with van der Waals surface area (Å²) in [5.41, 5.74) is 0.508. The van der Waals surface area contributed by atoms with Gasteiger partial charge in [0, 0.05) is 30.2 Å². The van der Waals surface area contributed by atoms with Crippen LogP contribution in [-0.4, -0.2) is 26.6 Å². The van der Waals surface area contributed by atoms with Crippen molar-refractivity contribution >= 4 is 29.0 Å². The van der Waals surface area contributed by atoms with E-state index in [-0.39, 0.29) is 18.1 Å². The van der Waals surface area contributed by atoms with Gasteiger partial charge in [0.15, 0.2) is 5.16 Å². The predicted octanol–water partition coefficient (Wildman–Crippen LogP) is 2.15. The Balaban J connectivity index is 1.99. The summed E-state index contributed by atoms with van der Waals surface area (Å²) in [6.07, 6.45) is 5.24. The zero-order chi connectivity index (χ0) is 14.5. The fraction of sp³-hybridized carbons (Fsp3) is 0.167. The Morgan fingerprint density at radius 2 is 2.15 bits per heavy atom. The van der Waals surface area contributed by atoms with E-state index in [9.17, 15) is 14.9 Å². The molecule has 0 fully saturated rings. The molecule has 1 aromatic carbocycles. The molecule has 1 heterocycles. The molecule has 0 bridgehead atoms. The highest BCUT2D eigenvalue weighted by Crippen LogP contribution is 2.16. The molecule has 0 spiro atoms. The lowest BCUT2D eigenvalue weighted by Gasteiger charge is -2.07. The predicted molar refractivity (Wildman–Crippen MR) is 75.7 cm³/mol. The minimum absolute atomic E-state index is 0.0118. The Morgan fingerprint density at radius 3 is 2.75 bits per heavy atom. The second kappa shape index (κ2) is 6.20. The molecule has 0 atom stereocenters. The number of nitrogens with one attached hydrogen (secondary N) is 1. The number of hydrogen-bond acceptors (Lipinski definition) is 5. The summed E-state index contributed by atoms with van der Waals surface area (Å²) in [6, 6.07) is 5.69. The smallest absolute Gasteiger partial charge is 0.269 e. The Kier molecular flexibility index (Phi) is 4.36. The Bertz CT molecular complexity index is 624. The largest absolute Gasteiger partial charge is 0.325 e. The van der Waals surface area contributed by atoms with Crippen LogP contribution in [0, 0.1) is 10.1 Å². The normalized spacial score (nSPS) is 10.2. The van der Waals surface area contributed by atoms with Gasteiger partial charge in [-0.15, -0.1) is 0 Å². The minimum atomic E-state index is -0.484. The molecule has 104 valence electrons. The third kappa shape index (κ3) is 3.35. The summed E-state index contributed by atoms with van der Waals surface area (Å²) < 4.78 is 1.73. The zero-order valence-electron chi connectivity index (χ0n) is 10.6. The first kappa shape index (κ1) is 14.1. The Morgan fingerprint density at radius 1 is 1.45 bits per heavy atom. The second-order valence-electron chi connectivity index (χ2n) is 3.89. The topological polar surface area (TPSA) is 90.1 Å². The first-order chi connectivity index (χ1) is 9.60. The summed E-state index contributed by atoms with van der Waals surface area (Å²) >= 11 is 1.45. The lowest BCUT2D eigenvalue weighted by atomic mass is 10.3. The molecule has 2 aromatic rings. The lowest BCUT2D eigenvalue weighted by Crippen LogP contribution is -2.18. The Hall–Kier alpha value is -2.35. The van der Waals surface area contributed by atoms with Crippen LogP contribution >= 0.6 is 11.8 Å². The van der Waals surface area contributed by atoms with Gasteiger partial charge in [-0.25, -0.2) is 4.98 Å². The van der Waals surface area contributed by atoms with Gasteiger partial charge >= 0.3 is 0 Å². The van der Waals surface area contributed by atoms with E-state index < -0.39 is 4.92 Å². The number of carbonyl (C=O) groups excluding carboxylic acids is 1. The third-order valence-electron chi connectivity index (χ3n) is 2.54. The fourth-order valence-corrected chi connectivity index (χ4v) is 2.15. The SMILES string of the molecule is CSc1nccn1CC(=O)Nc1ccc([N+](=O)[O-])cc1. The number of benzene rings is 1. The van der Waals surface area contributed by atoms with E-state index >= 15 is 0 Å². The number of nitro groups is 1. The first-order valence-corrected chi connectivity index (χ1v) is 6.92. The van der Waals surface area contributed by atoms with Crippen molar-refractivity contribution in [3.05, 3.63) is 46.8 Å². The summed E-state index contributed by atoms with van der Waals surface area (Å²) in [5, 5.41) is 14.0. The maximum absolute atomic E-state index is 11.9. The van der Waals surface area contributed by atoms with Crippen LogP contribution in [0.2, 0.25) is 0 Å². The van der Waals surface area contributed by atoms with Crippen molar-refractivity contribution in [1.82, 2.24) is 9.55 Å². The van der Waals surface area contributed by atoms with Crippen LogP contribution in [0.25, 0.3) is 0 Å². The van der Waals surface area contributed by atoms with Crippen LogP contribution in [0.3, 0.4) is 0 Å². The van der Waals surface area contributed by atoms with E-state index in [0.717, 1.165) is 5.16 Å². The van der Waals surface area contributed by atoms with Gasteiger partial charge in [0.2, 0.25) is 5.91 Å². The molecule has 1 amide bonds. The van der Waals surface area contributed by atoms with Gasteiger partial charge in [-0.2, -0.15) is 0 Å². The van der Waals surface area contributed by atoms with Crippen molar-refractivity contribution in [2.45, 2.75) is 11.7 Å². The minimum Gasteiger partial charge on any atom is -0.325 e. The molecule has 0 saturated heterocycles. The van der Waals surface area contributed by atoms with Crippen LogP contribution in [-0.2, 0) is 11.3 Å². The van der Waals surface area contributed by atoms with Crippen molar-refractivity contribution in [2.75, 3.05) is 11.6 Å². The summed E-state index contributed by atoms with van der Waals surface area (Å²) in [5.74, 6) is -0.216. The van der Waals surface area contributed by atoms with Gasteiger partial charge in [-0.3, -0.25) is 14.9 Å². The van der Waals surface area contributed by atoms with Gasteiger partial charge < -0.3 is 9.88 Å². The van der Waals surface area contributed by atoms with E-state index in [0.29, 0.717) is 5.69 Å². The molecule has 0 aliphatic heterocycles. The van der Waals surface area contributed by atoms with Crippen molar-refractivity contribution in [2.24, 2.45) is 0 Å². The number of aromatic nitrogens is 2. The first-order valence-electron chi connectivity index (χ1n) is 5.69. The number of anilines is 1. The lowest BCUT2D eigenvalue weighted by molar-refractivity contribution is -0.384. The number of imidazole rings is 1. The average Bonchev–Trinajstić information content (AvgIpc) is 2.86. The summed E-state index contributed by atoms with van der Waals surface area (Å²) in [4.78, 5) is 26.0. The summed E-state index contributed by atoms with van der Waals surface area (Å²) in [7, 11) is 0. The number of carbonyl (C=O) groups is 1. The maximum atomic E-state index is 11.9. The second-order valence-corrected chi connectivity index (χ2v) is 4.67. The molecular weight excluding hydrogens is 280 g/mol. The number of non-ortho nitro benzene ring substituents is 1. The average molecular weight is 292 g/mol. The van der Waals surface area contributed by atoms with Crippen molar-refractivity contribution < 1.29 is 9.72 Å². The van der Waals surface area contributed by atoms with E-state index in [4.69, 9.17) is 0 Å². The van der Waals surface area contributed by atoms with Crippen LogP contribution < -0.4 is 5.32 Å². The zero-order valence-corrected chi connectivity index (χ0v) is 11.5.